The molecule has 48 heavy (non-hydrogen) atoms. The molecule has 1 aliphatic rings. The minimum atomic E-state index is -2.06. The zero-order chi connectivity index (χ0) is 34.5. The lowest BCUT2D eigenvalue weighted by Gasteiger charge is -2.36. The summed E-state index contributed by atoms with van der Waals surface area (Å²) >= 11 is 3.78. The normalized spacial score (nSPS) is 16.2. The topological polar surface area (TPSA) is 77.1 Å². The number of anilines is 1. The average Bonchev–Trinajstić information content (AvgIpc) is 3.46. The maximum atomic E-state index is 14.8. The SMILES string of the molecule is COc1ccc(CS[C@@H](C(=O)N2C(=O)OCC2c2ccccc2)[C@H](Nc2ccc(I)cc2)c2ccc(O[Si](C)(C)C(C)(C)C)cc2)cc1. The second-order valence-electron chi connectivity index (χ2n) is 13.4. The zero-order valence-electron chi connectivity index (χ0n) is 28.2. The van der Waals surface area contributed by atoms with Gasteiger partial charge in [0, 0.05) is 15.0 Å². The van der Waals surface area contributed by atoms with Gasteiger partial charge in [-0.05, 0) is 106 Å². The van der Waals surface area contributed by atoms with Crippen LogP contribution in [-0.2, 0) is 15.3 Å². The van der Waals surface area contributed by atoms with Gasteiger partial charge in [0.15, 0.2) is 0 Å². The summed E-state index contributed by atoms with van der Waals surface area (Å²) in [6.07, 6.45) is -0.630. The second kappa shape index (κ2) is 15.4. The number of benzene rings is 4. The molecule has 4 aromatic carbocycles. The quantitative estimate of drug-likeness (QED) is 0.113. The van der Waals surface area contributed by atoms with Gasteiger partial charge in [-0.2, -0.15) is 0 Å². The monoisotopic (exact) mass is 794 g/mol. The van der Waals surface area contributed by atoms with Crippen molar-refractivity contribution in [3.63, 3.8) is 0 Å². The fourth-order valence-corrected chi connectivity index (χ4v) is 7.82. The smallest absolute Gasteiger partial charge is 0.417 e. The Morgan fingerprint density at radius 3 is 2.19 bits per heavy atom. The number of cyclic esters (lactones) is 1. The average molecular weight is 795 g/mol. The third-order valence-electron chi connectivity index (χ3n) is 9.01. The number of hydrogen-bond acceptors (Lipinski definition) is 7. The first-order valence-electron chi connectivity index (χ1n) is 16.0. The van der Waals surface area contributed by atoms with Crippen molar-refractivity contribution < 1.29 is 23.5 Å². The molecule has 0 aliphatic carbocycles. The Morgan fingerprint density at radius 1 is 0.958 bits per heavy atom. The Hall–Kier alpha value is -3.48. The van der Waals surface area contributed by atoms with E-state index in [4.69, 9.17) is 13.9 Å². The van der Waals surface area contributed by atoms with Gasteiger partial charge in [0.25, 0.3) is 0 Å². The molecule has 1 N–H and O–H groups in total. The lowest BCUT2D eigenvalue weighted by molar-refractivity contribution is -0.129. The van der Waals surface area contributed by atoms with Gasteiger partial charge in [-0.25, -0.2) is 9.69 Å². The standard InChI is InChI=1S/C38H43IN2O5SSi/c1-38(2,3)48(5,6)46-32-22-14-28(15-23-32)34(40-30-18-16-29(39)17-19-30)35(47-25-26-12-20-31(44-4)21-13-26)36(42)41-33(24-45-37(41)43)27-10-8-7-9-11-27/h7-23,33-35,40H,24-25H2,1-6H3/t33?,34-,35-/m1/s1. The van der Waals surface area contributed by atoms with Crippen LogP contribution < -0.4 is 14.5 Å². The highest BCUT2D eigenvalue weighted by atomic mass is 127. The first-order valence-corrected chi connectivity index (χ1v) is 21.0. The molecule has 1 heterocycles. The Balaban J connectivity index is 1.55. The van der Waals surface area contributed by atoms with E-state index in [9.17, 15) is 9.59 Å². The molecule has 1 unspecified atom stereocenters. The number of nitrogens with one attached hydrogen (secondary N) is 1. The van der Waals surface area contributed by atoms with E-state index in [2.05, 4.69) is 61.8 Å². The molecule has 1 aliphatic heterocycles. The van der Waals surface area contributed by atoms with Gasteiger partial charge >= 0.3 is 6.09 Å². The van der Waals surface area contributed by atoms with Crippen LogP contribution in [0, 0.1) is 3.57 Å². The lowest BCUT2D eigenvalue weighted by Crippen LogP contribution is -2.44. The van der Waals surface area contributed by atoms with Gasteiger partial charge in [0.05, 0.1) is 13.2 Å². The minimum absolute atomic E-state index is 0.0514. The van der Waals surface area contributed by atoms with Crippen molar-refractivity contribution in [1.82, 2.24) is 4.90 Å². The summed E-state index contributed by atoms with van der Waals surface area (Å²) in [5, 5.41) is 3.02. The molecule has 0 bridgehead atoms. The molecule has 252 valence electrons. The third kappa shape index (κ3) is 8.56. The van der Waals surface area contributed by atoms with E-state index in [1.54, 1.807) is 7.11 Å². The van der Waals surface area contributed by atoms with Gasteiger partial charge in [0.2, 0.25) is 14.2 Å². The number of nitrogens with zero attached hydrogens (tertiary/aromatic N) is 1. The van der Waals surface area contributed by atoms with E-state index in [1.807, 2.05) is 103 Å². The van der Waals surface area contributed by atoms with Crippen LogP contribution in [0.25, 0.3) is 0 Å². The largest absolute Gasteiger partial charge is 0.544 e. The maximum Gasteiger partial charge on any atom is 0.417 e. The van der Waals surface area contributed by atoms with Crippen LogP contribution in [0.1, 0.15) is 49.5 Å². The Kier molecular flexibility index (Phi) is 11.5. The van der Waals surface area contributed by atoms with E-state index in [0.717, 1.165) is 37.4 Å². The highest BCUT2D eigenvalue weighted by Gasteiger charge is 2.44. The number of methoxy groups -OCH3 is 1. The highest BCUT2D eigenvalue weighted by molar-refractivity contribution is 14.1. The van der Waals surface area contributed by atoms with Crippen molar-refractivity contribution >= 4 is 60.4 Å². The van der Waals surface area contributed by atoms with Crippen LogP contribution in [0.5, 0.6) is 11.5 Å². The lowest BCUT2D eigenvalue weighted by atomic mass is 10.0. The third-order valence-corrected chi connectivity index (χ3v) is 15.4. The summed E-state index contributed by atoms with van der Waals surface area (Å²) in [7, 11) is -0.421. The number of rotatable bonds is 12. The number of imide groups is 1. The van der Waals surface area contributed by atoms with Crippen molar-refractivity contribution in [1.29, 1.82) is 0 Å². The number of carbonyl (C=O) groups excluding carboxylic acids is 2. The van der Waals surface area contributed by atoms with Crippen LogP contribution in [0.4, 0.5) is 10.5 Å². The molecule has 0 radical (unpaired) electrons. The van der Waals surface area contributed by atoms with E-state index in [1.165, 1.54) is 16.7 Å². The fraction of sp³-hybridized carbons (Fsp3) is 0.316. The molecule has 10 heteroatoms. The number of hydrogen-bond donors (Lipinski definition) is 1. The number of ether oxygens (including phenoxy) is 2. The Labute approximate surface area is 303 Å². The first-order chi connectivity index (χ1) is 22.9. The molecule has 1 fully saturated rings. The summed E-state index contributed by atoms with van der Waals surface area (Å²) in [5.74, 6) is 1.80. The summed E-state index contributed by atoms with van der Waals surface area (Å²) in [4.78, 5) is 29.4. The van der Waals surface area contributed by atoms with Crippen LogP contribution in [-0.4, -0.2) is 44.2 Å². The molecular formula is C38H43IN2O5SSi. The minimum Gasteiger partial charge on any atom is -0.544 e. The second-order valence-corrected chi connectivity index (χ2v) is 20.5. The molecule has 0 spiro atoms. The van der Waals surface area contributed by atoms with Gasteiger partial charge < -0.3 is 19.2 Å². The number of amides is 2. The molecule has 7 nitrogen and oxygen atoms in total. The molecule has 3 atom stereocenters. The van der Waals surface area contributed by atoms with Crippen LogP contribution in [0.15, 0.2) is 103 Å². The van der Waals surface area contributed by atoms with E-state index < -0.39 is 31.7 Å². The molecule has 0 saturated carbocycles. The van der Waals surface area contributed by atoms with E-state index >= 15 is 0 Å². The van der Waals surface area contributed by atoms with Gasteiger partial charge in [0.1, 0.15) is 29.4 Å². The van der Waals surface area contributed by atoms with Gasteiger partial charge in [-0.3, -0.25) is 4.79 Å². The van der Waals surface area contributed by atoms with Crippen molar-refractivity contribution in [3.05, 3.63) is 123 Å². The maximum absolute atomic E-state index is 14.8. The zero-order valence-corrected chi connectivity index (χ0v) is 32.2. The summed E-state index contributed by atoms with van der Waals surface area (Å²) in [6, 6.07) is 32.5. The van der Waals surface area contributed by atoms with E-state index in [0.29, 0.717) is 5.75 Å². The molecule has 5 rings (SSSR count). The van der Waals surface area contributed by atoms with Crippen molar-refractivity contribution in [2.24, 2.45) is 0 Å². The molecule has 2 amide bonds. The molecular weight excluding hydrogens is 751 g/mol. The number of carbonyl (C=O) groups is 2. The van der Waals surface area contributed by atoms with Crippen LogP contribution in [0.2, 0.25) is 18.1 Å². The Morgan fingerprint density at radius 2 is 1.58 bits per heavy atom. The van der Waals surface area contributed by atoms with Crippen LogP contribution in [0.3, 0.4) is 0 Å². The predicted molar refractivity (Wildman–Crippen MR) is 205 cm³/mol. The fourth-order valence-electron chi connectivity index (χ4n) is 5.19. The van der Waals surface area contributed by atoms with Gasteiger partial charge in [-0.15, -0.1) is 11.8 Å². The van der Waals surface area contributed by atoms with E-state index in [-0.39, 0.29) is 17.6 Å². The predicted octanol–water partition coefficient (Wildman–Crippen LogP) is 9.86. The van der Waals surface area contributed by atoms with Crippen molar-refractivity contribution in [2.45, 2.75) is 62.0 Å². The molecule has 0 aromatic heterocycles. The van der Waals surface area contributed by atoms with Crippen molar-refractivity contribution in [2.75, 3.05) is 19.0 Å². The Bertz CT molecular complexity index is 1680. The number of thioether (sulfide) groups is 1. The summed E-state index contributed by atoms with van der Waals surface area (Å²) in [6.45, 7) is 11.2. The van der Waals surface area contributed by atoms with Crippen LogP contribution >= 0.6 is 34.4 Å². The number of halogens is 1. The van der Waals surface area contributed by atoms with Gasteiger partial charge in [-0.1, -0.05) is 75.4 Å². The molecule has 4 aromatic rings. The molecule has 1 saturated heterocycles. The summed E-state index contributed by atoms with van der Waals surface area (Å²) in [5.41, 5.74) is 3.66. The van der Waals surface area contributed by atoms with Crippen molar-refractivity contribution in [3.8, 4) is 11.5 Å². The highest BCUT2D eigenvalue weighted by Crippen LogP contribution is 2.40. The summed E-state index contributed by atoms with van der Waals surface area (Å²) < 4.78 is 18.6. The first kappa shape index (κ1) is 35.8.